The third kappa shape index (κ3) is 6.81. The molecule has 106 valence electrons. The van der Waals surface area contributed by atoms with Crippen molar-refractivity contribution in [1.82, 2.24) is 15.5 Å². The molecule has 2 amide bonds. The second-order valence-corrected chi connectivity index (χ2v) is 5.14. The van der Waals surface area contributed by atoms with Gasteiger partial charge in [-0.3, -0.25) is 0 Å². The van der Waals surface area contributed by atoms with Crippen molar-refractivity contribution in [3.63, 3.8) is 0 Å². The second kappa shape index (κ2) is 9.16. The molecule has 1 fully saturated rings. The largest absolute Gasteiger partial charge is 0.395 e. The minimum absolute atomic E-state index is 0.0131. The monoisotopic (exact) mass is 257 g/mol. The molecule has 0 atom stereocenters. The molecule has 1 rings (SSSR count). The molecular weight excluding hydrogens is 230 g/mol. The topological polar surface area (TPSA) is 64.6 Å². The molecule has 18 heavy (non-hydrogen) atoms. The summed E-state index contributed by atoms with van der Waals surface area (Å²) in [7, 11) is 0. The molecule has 1 aliphatic heterocycles. The Kier molecular flexibility index (Phi) is 7.76. The van der Waals surface area contributed by atoms with Crippen molar-refractivity contribution in [1.29, 1.82) is 0 Å². The number of amides is 2. The molecule has 0 saturated carbocycles. The van der Waals surface area contributed by atoms with Gasteiger partial charge in [-0.05, 0) is 51.2 Å². The molecule has 0 aliphatic carbocycles. The lowest BCUT2D eigenvalue weighted by Gasteiger charge is -2.30. The number of nitrogens with zero attached hydrogens (tertiary/aromatic N) is 1. The fraction of sp³-hybridized carbons (Fsp3) is 0.923. The van der Waals surface area contributed by atoms with E-state index in [-0.39, 0.29) is 12.6 Å². The van der Waals surface area contributed by atoms with E-state index in [1.165, 1.54) is 25.9 Å². The first-order valence-electron chi connectivity index (χ1n) is 7.07. The predicted molar refractivity (Wildman–Crippen MR) is 72.6 cm³/mol. The molecule has 0 unspecified atom stereocenters. The van der Waals surface area contributed by atoms with E-state index < -0.39 is 0 Å². The smallest absolute Gasteiger partial charge is 0.314 e. The molecule has 5 heteroatoms. The van der Waals surface area contributed by atoms with Gasteiger partial charge >= 0.3 is 6.03 Å². The van der Waals surface area contributed by atoms with Crippen LogP contribution in [0.5, 0.6) is 0 Å². The van der Waals surface area contributed by atoms with E-state index in [4.69, 9.17) is 5.11 Å². The minimum atomic E-state index is -0.184. The van der Waals surface area contributed by atoms with Gasteiger partial charge in [-0.15, -0.1) is 0 Å². The number of rotatable bonds is 7. The summed E-state index contributed by atoms with van der Waals surface area (Å²) in [6.45, 7) is 6.94. The lowest BCUT2D eigenvalue weighted by Crippen LogP contribution is -2.38. The highest BCUT2D eigenvalue weighted by atomic mass is 16.3. The van der Waals surface area contributed by atoms with Crippen LogP contribution in [0.4, 0.5) is 4.79 Å². The van der Waals surface area contributed by atoms with Gasteiger partial charge in [0.15, 0.2) is 0 Å². The lowest BCUT2D eigenvalue weighted by atomic mass is 9.99. The summed E-state index contributed by atoms with van der Waals surface area (Å²) >= 11 is 0. The van der Waals surface area contributed by atoms with E-state index >= 15 is 0 Å². The summed E-state index contributed by atoms with van der Waals surface area (Å²) in [5.74, 6) is 0.887. The molecule has 5 nitrogen and oxygen atoms in total. The van der Waals surface area contributed by atoms with E-state index in [9.17, 15) is 4.79 Å². The van der Waals surface area contributed by atoms with E-state index in [0.29, 0.717) is 13.1 Å². The van der Waals surface area contributed by atoms with Crippen molar-refractivity contribution in [2.75, 3.05) is 39.3 Å². The Morgan fingerprint density at radius 3 is 2.56 bits per heavy atom. The van der Waals surface area contributed by atoms with Gasteiger partial charge in [0.25, 0.3) is 0 Å². The van der Waals surface area contributed by atoms with Crippen LogP contribution in [0.25, 0.3) is 0 Å². The maximum Gasteiger partial charge on any atom is 0.314 e. The van der Waals surface area contributed by atoms with E-state index in [2.05, 4.69) is 22.5 Å². The Hall–Kier alpha value is -0.810. The van der Waals surface area contributed by atoms with Crippen LogP contribution >= 0.6 is 0 Å². The average molecular weight is 257 g/mol. The number of likely N-dealkylation sites (tertiary alicyclic amines) is 1. The summed E-state index contributed by atoms with van der Waals surface area (Å²) in [4.78, 5) is 13.7. The van der Waals surface area contributed by atoms with Crippen molar-refractivity contribution in [3.05, 3.63) is 0 Å². The third-order valence-electron chi connectivity index (χ3n) is 3.46. The zero-order chi connectivity index (χ0) is 13.2. The van der Waals surface area contributed by atoms with Gasteiger partial charge in [0.1, 0.15) is 0 Å². The van der Waals surface area contributed by atoms with Crippen LogP contribution in [0.3, 0.4) is 0 Å². The summed E-state index contributed by atoms with van der Waals surface area (Å²) in [5.41, 5.74) is 0. The summed E-state index contributed by atoms with van der Waals surface area (Å²) in [6.07, 6.45) is 4.79. The van der Waals surface area contributed by atoms with Gasteiger partial charge < -0.3 is 20.6 Å². The quantitative estimate of drug-likeness (QED) is 0.591. The fourth-order valence-electron chi connectivity index (χ4n) is 2.18. The number of aliphatic hydroxyl groups is 1. The second-order valence-electron chi connectivity index (χ2n) is 5.14. The summed E-state index contributed by atoms with van der Waals surface area (Å²) in [6, 6.07) is -0.184. The van der Waals surface area contributed by atoms with Crippen molar-refractivity contribution >= 4 is 6.03 Å². The van der Waals surface area contributed by atoms with Crippen LogP contribution in [0.1, 0.15) is 32.6 Å². The number of hydrogen-bond acceptors (Lipinski definition) is 3. The number of carbonyl (C=O) groups is 1. The third-order valence-corrected chi connectivity index (χ3v) is 3.46. The van der Waals surface area contributed by atoms with Crippen LogP contribution in [-0.4, -0.2) is 55.4 Å². The van der Waals surface area contributed by atoms with Crippen LogP contribution in [0.15, 0.2) is 0 Å². The highest BCUT2D eigenvalue weighted by molar-refractivity contribution is 5.73. The van der Waals surface area contributed by atoms with Crippen LogP contribution in [0, 0.1) is 5.92 Å². The number of carbonyl (C=O) groups excluding carboxylic acids is 1. The number of hydrogen-bond donors (Lipinski definition) is 3. The van der Waals surface area contributed by atoms with Crippen molar-refractivity contribution < 1.29 is 9.90 Å². The molecule has 0 aromatic carbocycles. The first-order chi connectivity index (χ1) is 8.72. The molecule has 0 spiro atoms. The number of urea groups is 1. The van der Waals surface area contributed by atoms with Gasteiger partial charge in [-0.25, -0.2) is 4.79 Å². The minimum Gasteiger partial charge on any atom is -0.395 e. The van der Waals surface area contributed by atoms with Gasteiger partial charge in [-0.2, -0.15) is 0 Å². The standard InChI is InChI=1S/C13H27N3O2/c1-12-4-9-16(10-5-12)8-3-2-6-14-13(18)15-7-11-17/h12,17H,2-11H2,1H3,(H2,14,15,18). The zero-order valence-corrected chi connectivity index (χ0v) is 11.5. The number of piperidine rings is 1. The van der Waals surface area contributed by atoms with Crippen molar-refractivity contribution in [2.45, 2.75) is 32.6 Å². The highest BCUT2D eigenvalue weighted by Gasteiger charge is 2.14. The summed E-state index contributed by atoms with van der Waals surface area (Å²) in [5, 5.41) is 13.9. The molecule has 1 heterocycles. The molecule has 1 aliphatic rings. The highest BCUT2D eigenvalue weighted by Crippen LogP contribution is 2.15. The van der Waals surface area contributed by atoms with Gasteiger partial charge in [0.2, 0.25) is 0 Å². The number of unbranched alkanes of at least 4 members (excludes halogenated alkanes) is 1. The number of nitrogens with one attached hydrogen (secondary N) is 2. The Labute approximate surface area is 110 Å². The fourth-order valence-corrected chi connectivity index (χ4v) is 2.18. The van der Waals surface area contributed by atoms with Gasteiger partial charge in [0, 0.05) is 13.1 Å². The molecule has 0 aromatic heterocycles. The summed E-state index contributed by atoms with van der Waals surface area (Å²) < 4.78 is 0. The Balaban J connectivity index is 1.90. The van der Waals surface area contributed by atoms with Gasteiger partial charge in [0.05, 0.1) is 6.61 Å². The first-order valence-corrected chi connectivity index (χ1v) is 7.07. The zero-order valence-electron chi connectivity index (χ0n) is 11.5. The molecule has 0 bridgehead atoms. The van der Waals surface area contributed by atoms with E-state index in [1.807, 2.05) is 0 Å². The molecule has 1 saturated heterocycles. The predicted octanol–water partition coefficient (Wildman–Crippen LogP) is 0.790. The number of aliphatic hydroxyl groups excluding tert-OH is 1. The maximum atomic E-state index is 11.2. The Bertz CT molecular complexity index is 228. The van der Waals surface area contributed by atoms with Crippen molar-refractivity contribution in [3.8, 4) is 0 Å². The van der Waals surface area contributed by atoms with E-state index in [0.717, 1.165) is 25.3 Å². The normalized spacial score (nSPS) is 17.7. The molecular formula is C13H27N3O2. The van der Waals surface area contributed by atoms with Gasteiger partial charge in [-0.1, -0.05) is 6.92 Å². The molecule has 0 aromatic rings. The maximum absolute atomic E-state index is 11.2. The Morgan fingerprint density at radius 2 is 1.89 bits per heavy atom. The van der Waals surface area contributed by atoms with Crippen LogP contribution < -0.4 is 10.6 Å². The SMILES string of the molecule is CC1CCN(CCCCNC(=O)NCCO)CC1. The van der Waals surface area contributed by atoms with Crippen LogP contribution in [-0.2, 0) is 0 Å². The lowest BCUT2D eigenvalue weighted by molar-refractivity contribution is 0.189. The Morgan fingerprint density at radius 1 is 1.22 bits per heavy atom. The van der Waals surface area contributed by atoms with Crippen LogP contribution in [0.2, 0.25) is 0 Å². The van der Waals surface area contributed by atoms with Crippen molar-refractivity contribution in [2.24, 2.45) is 5.92 Å². The first kappa shape index (κ1) is 15.2. The molecule has 0 radical (unpaired) electrons. The average Bonchev–Trinajstić information content (AvgIpc) is 2.38. The van der Waals surface area contributed by atoms with E-state index in [1.54, 1.807) is 0 Å². The molecule has 3 N–H and O–H groups in total.